The van der Waals surface area contributed by atoms with Crippen molar-refractivity contribution in [3.63, 3.8) is 0 Å². The molecular weight excluding hydrogens is 464 g/mol. The van der Waals surface area contributed by atoms with Crippen LogP contribution < -0.4 is 14.2 Å². The number of likely N-dealkylation sites (N-methyl/N-ethyl adjacent to an activating group) is 1. The summed E-state index contributed by atoms with van der Waals surface area (Å²) in [5.74, 6) is -0.974. The van der Waals surface area contributed by atoms with E-state index in [-0.39, 0.29) is 23.6 Å². The van der Waals surface area contributed by atoms with E-state index in [9.17, 15) is 19.5 Å². The molecule has 0 aliphatic carbocycles. The van der Waals surface area contributed by atoms with E-state index in [1.807, 2.05) is 13.8 Å². The molecule has 0 bridgehead atoms. The van der Waals surface area contributed by atoms with Crippen LogP contribution in [0.5, 0.6) is 17.2 Å². The highest BCUT2D eigenvalue weighted by Gasteiger charge is 2.46. The summed E-state index contributed by atoms with van der Waals surface area (Å²) in [7, 11) is 0. The molecule has 2 aromatic rings. The Morgan fingerprint density at radius 1 is 1.08 bits per heavy atom. The standard InChI is InChI=1S/C27H30N2O7/c1-4-28(5-2)11-12-29-24(18-7-6-8-20(15-18)36-17(3)30)23(26(32)27(29)33)25(31)19-9-10-21-22(16-19)35-14-13-34-21/h6-10,15-16,24,31H,4-5,11-14H2,1-3H3/b25-23-. The molecule has 2 aliphatic rings. The maximum absolute atomic E-state index is 13.3. The summed E-state index contributed by atoms with van der Waals surface area (Å²) in [4.78, 5) is 41.6. The number of nitrogens with zero attached hydrogens (tertiary/aromatic N) is 2. The van der Waals surface area contributed by atoms with Crippen LogP contribution in [0.2, 0.25) is 0 Å². The number of aliphatic hydroxyl groups is 1. The Hall–Kier alpha value is -3.85. The van der Waals surface area contributed by atoms with E-state index in [1.165, 1.54) is 11.8 Å². The van der Waals surface area contributed by atoms with Crippen molar-refractivity contribution in [3.8, 4) is 17.2 Å². The summed E-state index contributed by atoms with van der Waals surface area (Å²) in [5, 5.41) is 11.3. The van der Waals surface area contributed by atoms with Gasteiger partial charge in [0.25, 0.3) is 11.7 Å². The van der Waals surface area contributed by atoms with Crippen molar-refractivity contribution in [2.24, 2.45) is 0 Å². The number of benzene rings is 2. The summed E-state index contributed by atoms with van der Waals surface area (Å²) < 4.78 is 16.4. The van der Waals surface area contributed by atoms with Gasteiger partial charge in [-0.05, 0) is 49.0 Å². The molecule has 0 saturated carbocycles. The Bertz CT molecular complexity index is 1200. The van der Waals surface area contributed by atoms with E-state index in [4.69, 9.17) is 14.2 Å². The SMILES string of the molecule is CCN(CC)CCN1C(=O)C(=O)/C(=C(\O)c2ccc3c(c2)OCCO3)C1c1cccc(OC(C)=O)c1. The molecule has 190 valence electrons. The number of hydrogen-bond acceptors (Lipinski definition) is 8. The van der Waals surface area contributed by atoms with Gasteiger partial charge in [0.2, 0.25) is 0 Å². The predicted octanol–water partition coefficient (Wildman–Crippen LogP) is 3.15. The molecule has 4 rings (SSSR count). The Kier molecular flexibility index (Phi) is 7.59. The average Bonchev–Trinajstić information content (AvgIpc) is 3.13. The number of fused-ring (bicyclic) bond motifs is 1. The highest BCUT2D eigenvalue weighted by Crippen LogP contribution is 2.41. The number of ketones is 1. The van der Waals surface area contributed by atoms with Crippen LogP contribution in [0.4, 0.5) is 0 Å². The summed E-state index contributed by atoms with van der Waals surface area (Å²) in [6, 6.07) is 10.7. The Balaban J connectivity index is 1.80. The Morgan fingerprint density at radius 2 is 1.81 bits per heavy atom. The maximum atomic E-state index is 13.3. The first-order valence-electron chi connectivity index (χ1n) is 12.0. The molecular formula is C27H30N2O7. The molecule has 9 heteroatoms. The Morgan fingerprint density at radius 3 is 2.50 bits per heavy atom. The normalized spacial score (nSPS) is 18.6. The van der Waals surface area contributed by atoms with Gasteiger partial charge in [-0.25, -0.2) is 0 Å². The molecule has 9 nitrogen and oxygen atoms in total. The van der Waals surface area contributed by atoms with Gasteiger partial charge in [-0.2, -0.15) is 0 Å². The lowest BCUT2D eigenvalue weighted by Crippen LogP contribution is -2.38. The minimum Gasteiger partial charge on any atom is -0.507 e. The van der Waals surface area contributed by atoms with Crippen LogP contribution >= 0.6 is 0 Å². The number of ether oxygens (including phenoxy) is 3. The van der Waals surface area contributed by atoms with Crippen molar-refractivity contribution in [3.05, 3.63) is 59.2 Å². The molecule has 36 heavy (non-hydrogen) atoms. The van der Waals surface area contributed by atoms with E-state index in [1.54, 1.807) is 42.5 Å². The summed E-state index contributed by atoms with van der Waals surface area (Å²) in [6.45, 7) is 8.58. The second-order valence-electron chi connectivity index (χ2n) is 8.54. The maximum Gasteiger partial charge on any atom is 0.308 e. The zero-order valence-electron chi connectivity index (χ0n) is 20.7. The molecule has 2 aromatic carbocycles. The largest absolute Gasteiger partial charge is 0.507 e. The number of esters is 1. The lowest BCUT2D eigenvalue weighted by atomic mass is 9.95. The fraction of sp³-hybridized carbons (Fsp3) is 0.370. The van der Waals surface area contributed by atoms with Gasteiger partial charge >= 0.3 is 5.97 Å². The molecule has 0 radical (unpaired) electrons. The van der Waals surface area contributed by atoms with Gasteiger partial charge in [-0.3, -0.25) is 14.4 Å². The van der Waals surface area contributed by atoms with Crippen molar-refractivity contribution in [2.75, 3.05) is 39.4 Å². The second kappa shape index (κ2) is 10.8. The fourth-order valence-corrected chi connectivity index (χ4v) is 4.51. The van der Waals surface area contributed by atoms with E-state index >= 15 is 0 Å². The third-order valence-electron chi connectivity index (χ3n) is 6.34. The van der Waals surface area contributed by atoms with E-state index in [0.29, 0.717) is 42.4 Å². The van der Waals surface area contributed by atoms with E-state index in [2.05, 4.69) is 4.90 Å². The van der Waals surface area contributed by atoms with Crippen molar-refractivity contribution in [1.29, 1.82) is 0 Å². The van der Waals surface area contributed by atoms with Crippen molar-refractivity contribution < 1.29 is 33.7 Å². The van der Waals surface area contributed by atoms with Crippen LogP contribution in [0.15, 0.2) is 48.0 Å². The molecule has 1 saturated heterocycles. The highest BCUT2D eigenvalue weighted by molar-refractivity contribution is 6.46. The van der Waals surface area contributed by atoms with Gasteiger partial charge in [-0.1, -0.05) is 26.0 Å². The highest BCUT2D eigenvalue weighted by atomic mass is 16.6. The van der Waals surface area contributed by atoms with Gasteiger partial charge < -0.3 is 29.1 Å². The molecule has 1 unspecified atom stereocenters. The molecule has 0 spiro atoms. The van der Waals surface area contributed by atoms with Crippen molar-refractivity contribution >= 4 is 23.4 Å². The molecule has 1 amide bonds. The third kappa shape index (κ3) is 5.06. The first-order valence-corrected chi connectivity index (χ1v) is 12.0. The second-order valence-corrected chi connectivity index (χ2v) is 8.54. The number of aliphatic hydroxyl groups excluding tert-OH is 1. The monoisotopic (exact) mass is 494 g/mol. The van der Waals surface area contributed by atoms with Gasteiger partial charge in [-0.15, -0.1) is 0 Å². The predicted molar refractivity (Wildman–Crippen MR) is 132 cm³/mol. The van der Waals surface area contributed by atoms with Gasteiger partial charge in [0.05, 0.1) is 11.6 Å². The first kappa shape index (κ1) is 25.2. The number of carbonyl (C=O) groups is 3. The average molecular weight is 495 g/mol. The third-order valence-corrected chi connectivity index (χ3v) is 6.34. The van der Waals surface area contributed by atoms with Crippen LogP contribution in [0.3, 0.4) is 0 Å². The molecule has 1 atom stereocenters. The van der Waals surface area contributed by atoms with E-state index in [0.717, 1.165) is 13.1 Å². The quantitative estimate of drug-likeness (QED) is 0.196. The fourth-order valence-electron chi connectivity index (χ4n) is 4.51. The number of rotatable bonds is 8. The summed E-state index contributed by atoms with van der Waals surface area (Å²) in [5.41, 5.74) is 0.852. The minimum absolute atomic E-state index is 0.0313. The molecule has 2 heterocycles. The Labute approximate surface area is 209 Å². The van der Waals surface area contributed by atoms with E-state index < -0.39 is 23.7 Å². The van der Waals surface area contributed by atoms with Gasteiger partial charge in [0.15, 0.2) is 11.5 Å². The smallest absolute Gasteiger partial charge is 0.308 e. The van der Waals surface area contributed by atoms with Crippen molar-refractivity contribution in [2.45, 2.75) is 26.8 Å². The molecule has 1 fully saturated rings. The van der Waals surface area contributed by atoms with Gasteiger partial charge in [0.1, 0.15) is 24.7 Å². The van der Waals surface area contributed by atoms with Crippen LogP contribution in [0.1, 0.15) is 37.9 Å². The topological polar surface area (TPSA) is 106 Å². The van der Waals surface area contributed by atoms with Gasteiger partial charge in [0, 0.05) is 25.6 Å². The zero-order chi connectivity index (χ0) is 25.8. The number of carbonyl (C=O) groups excluding carboxylic acids is 3. The summed E-state index contributed by atoms with van der Waals surface area (Å²) >= 11 is 0. The zero-order valence-corrected chi connectivity index (χ0v) is 20.7. The lowest BCUT2D eigenvalue weighted by molar-refractivity contribution is -0.140. The molecule has 0 aromatic heterocycles. The van der Waals surface area contributed by atoms with Crippen molar-refractivity contribution in [1.82, 2.24) is 9.80 Å². The lowest BCUT2D eigenvalue weighted by Gasteiger charge is -2.28. The number of likely N-dealkylation sites (tertiary alicyclic amines) is 1. The van der Waals surface area contributed by atoms with Crippen LogP contribution in [0.25, 0.3) is 5.76 Å². The first-order chi connectivity index (χ1) is 17.3. The summed E-state index contributed by atoms with van der Waals surface area (Å²) in [6.07, 6.45) is 0. The van der Waals surface area contributed by atoms with Crippen LogP contribution in [-0.2, 0) is 14.4 Å². The molecule has 2 aliphatic heterocycles. The van der Waals surface area contributed by atoms with Crippen LogP contribution in [0, 0.1) is 0 Å². The van der Waals surface area contributed by atoms with Crippen LogP contribution in [-0.4, -0.2) is 72.0 Å². The number of hydrogen-bond donors (Lipinski definition) is 1. The number of Topliss-reactive ketones (excluding diaryl/α,β-unsaturated/α-hetero) is 1. The minimum atomic E-state index is -0.857. The molecule has 1 N–H and O–H groups in total. The number of amides is 1.